The molecule has 0 saturated heterocycles. The van der Waals surface area contributed by atoms with Crippen LogP contribution in [0.25, 0.3) is 0 Å². The van der Waals surface area contributed by atoms with Gasteiger partial charge in [-0.2, -0.15) is 0 Å². The van der Waals surface area contributed by atoms with Gasteiger partial charge in [0.05, 0.1) is 5.84 Å². The molecule has 0 aromatic rings. The number of rotatable bonds is 5. The minimum Gasteiger partial charge on any atom is -0.388 e. The Morgan fingerprint density at radius 3 is 2.67 bits per heavy atom. The van der Waals surface area contributed by atoms with Crippen molar-refractivity contribution in [2.45, 2.75) is 39.5 Å². The summed E-state index contributed by atoms with van der Waals surface area (Å²) in [5.74, 6) is 3.02. The summed E-state index contributed by atoms with van der Waals surface area (Å²) < 4.78 is 0. The zero-order chi connectivity index (χ0) is 9.14. The topological polar surface area (TPSA) is 49.9 Å². The van der Waals surface area contributed by atoms with Crippen LogP contribution in [0.4, 0.5) is 0 Å². The second kappa shape index (κ2) is 3.92. The molecule has 1 aliphatic carbocycles. The molecule has 0 amide bonds. The van der Waals surface area contributed by atoms with E-state index in [0.717, 1.165) is 30.6 Å². The van der Waals surface area contributed by atoms with E-state index in [-0.39, 0.29) is 0 Å². The first-order valence-corrected chi connectivity index (χ1v) is 4.92. The average Bonchev–Trinajstić information content (AvgIpc) is 2.62. The van der Waals surface area contributed by atoms with Gasteiger partial charge in [-0.1, -0.05) is 13.8 Å². The van der Waals surface area contributed by atoms with Gasteiger partial charge in [0.2, 0.25) is 0 Å². The highest BCUT2D eigenvalue weighted by atomic mass is 14.7. The molecule has 1 aliphatic rings. The smallest absolute Gasteiger partial charge is 0.0905 e. The molecule has 12 heavy (non-hydrogen) atoms. The van der Waals surface area contributed by atoms with Crippen LogP contribution in [0.5, 0.6) is 0 Å². The molecule has 1 rings (SSSR count). The molecule has 0 heterocycles. The van der Waals surface area contributed by atoms with E-state index in [1.165, 1.54) is 12.8 Å². The summed E-state index contributed by atoms with van der Waals surface area (Å²) in [6.45, 7) is 4.56. The highest BCUT2D eigenvalue weighted by Crippen LogP contribution is 2.45. The third-order valence-electron chi connectivity index (χ3n) is 2.63. The molecule has 0 aromatic carbocycles. The van der Waals surface area contributed by atoms with Crippen LogP contribution in [0.3, 0.4) is 0 Å². The van der Waals surface area contributed by atoms with Gasteiger partial charge in [0.25, 0.3) is 0 Å². The first-order chi connectivity index (χ1) is 5.59. The maximum atomic E-state index is 7.10. The lowest BCUT2D eigenvalue weighted by atomic mass is 10.0. The summed E-state index contributed by atoms with van der Waals surface area (Å²) in [7, 11) is 0. The second-order valence-corrected chi connectivity index (χ2v) is 4.45. The first kappa shape index (κ1) is 9.56. The standard InChI is InChI=1S/C10H20N2/c1-7(2)5-9-6-8(9)3-4-10(11)12/h7-9H,3-6H2,1-2H3,(H3,11,12). The molecule has 3 N–H and O–H groups in total. The summed E-state index contributed by atoms with van der Waals surface area (Å²) in [6, 6.07) is 0. The van der Waals surface area contributed by atoms with Gasteiger partial charge in [-0.05, 0) is 37.0 Å². The predicted octanol–water partition coefficient (Wildman–Crippen LogP) is 2.38. The van der Waals surface area contributed by atoms with E-state index in [1.807, 2.05) is 0 Å². The number of hydrogen-bond donors (Lipinski definition) is 2. The van der Waals surface area contributed by atoms with Crippen molar-refractivity contribution in [2.24, 2.45) is 23.5 Å². The number of nitrogens with one attached hydrogen (secondary N) is 1. The largest absolute Gasteiger partial charge is 0.388 e. The predicted molar refractivity (Wildman–Crippen MR) is 52.2 cm³/mol. The Labute approximate surface area is 75.0 Å². The summed E-state index contributed by atoms with van der Waals surface area (Å²) >= 11 is 0. The minimum atomic E-state index is 0.352. The molecule has 0 aliphatic heterocycles. The van der Waals surface area contributed by atoms with Gasteiger partial charge in [-0.25, -0.2) is 0 Å². The van der Waals surface area contributed by atoms with Crippen molar-refractivity contribution in [1.82, 2.24) is 0 Å². The van der Waals surface area contributed by atoms with Crippen molar-refractivity contribution in [3.05, 3.63) is 0 Å². The van der Waals surface area contributed by atoms with Gasteiger partial charge in [-0.15, -0.1) is 0 Å². The fourth-order valence-corrected chi connectivity index (χ4v) is 1.90. The monoisotopic (exact) mass is 168 g/mol. The zero-order valence-corrected chi connectivity index (χ0v) is 8.14. The number of nitrogens with two attached hydrogens (primary N) is 1. The van der Waals surface area contributed by atoms with E-state index >= 15 is 0 Å². The van der Waals surface area contributed by atoms with E-state index in [9.17, 15) is 0 Å². The lowest BCUT2D eigenvalue weighted by Gasteiger charge is -2.02. The van der Waals surface area contributed by atoms with Crippen LogP contribution in [-0.4, -0.2) is 5.84 Å². The Morgan fingerprint density at radius 2 is 2.17 bits per heavy atom. The second-order valence-electron chi connectivity index (χ2n) is 4.45. The Kier molecular flexibility index (Phi) is 3.12. The van der Waals surface area contributed by atoms with Gasteiger partial charge in [-0.3, -0.25) is 5.41 Å². The molecule has 2 unspecified atom stereocenters. The summed E-state index contributed by atoms with van der Waals surface area (Å²) in [5, 5.41) is 7.10. The van der Waals surface area contributed by atoms with Gasteiger partial charge in [0, 0.05) is 6.42 Å². The Bertz CT molecular complexity index is 163. The molecular formula is C10H20N2. The maximum Gasteiger partial charge on any atom is 0.0905 e. The Balaban J connectivity index is 2.04. The quantitative estimate of drug-likeness (QED) is 0.480. The van der Waals surface area contributed by atoms with Crippen molar-refractivity contribution >= 4 is 5.84 Å². The van der Waals surface area contributed by atoms with Crippen LogP contribution in [0.15, 0.2) is 0 Å². The Morgan fingerprint density at radius 1 is 1.50 bits per heavy atom. The number of amidine groups is 1. The normalized spacial score (nSPS) is 27.6. The lowest BCUT2D eigenvalue weighted by molar-refractivity contribution is 0.505. The molecule has 0 radical (unpaired) electrons. The van der Waals surface area contributed by atoms with Gasteiger partial charge >= 0.3 is 0 Å². The van der Waals surface area contributed by atoms with Crippen LogP contribution in [0.2, 0.25) is 0 Å². The van der Waals surface area contributed by atoms with Crippen LogP contribution in [0, 0.1) is 23.2 Å². The van der Waals surface area contributed by atoms with E-state index in [4.69, 9.17) is 11.1 Å². The van der Waals surface area contributed by atoms with E-state index < -0.39 is 0 Å². The maximum absolute atomic E-state index is 7.10. The molecular weight excluding hydrogens is 148 g/mol. The summed E-state index contributed by atoms with van der Waals surface area (Å²) in [6.07, 6.45) is 4.69. The fraction of sp³-hybridized carbons (Fsp3) is 0.900. The summed E-state index contributed by atoms with van der Waals surface area (Å²) in [5.41, 5.74) is 5.30. The van der Waals surface area contributed by atoms with Crippen molar-refractivity contribution in [3.8, 4) is 0 Å². The first-order valence-electron chi connectivity index (χ1n) is 4.92. The van der Waals surface area contributed by atoms with Crippen molar-refractivity contribution in [1.29, 1.82) is 5.41 Å². The SMILES string of the molecule is CC(C)CC1CC1CCC(=N)N. The van der Waals surface area contributed by atoms with E-state index in [1.54, 1.807) is 0 Å². The molecule has 0 bridgehead atoms. The van der Waals surface area contributed by atoms with Crippen LogP contribution < -0.4 is 5.73 Å². The van der Waals surface area contributed by atoms with Gasteiger partial charge in [0.15, 0.2) is 0 Å². The third kappa shape index (κ3) is 3.24. The molecule has 2 nitrogen and oxygen atoms in total. The van der Waals surface area contributed by atoms with Crippen molar-refractivity contribution in [3.63, 3.8) is 0 Å². The van der Waals surface area contributed by atoms with E-state index in [2.05, 4.69) is 13.8 Å². The molecule has 2 atom stereocenters. The lowest BCUT2D eigenvalue weighted by Crippen LogP contribution is -2.09. The molecule has 0 spiro atoms. The highest BCUT2D eigenvalue weighted by molar-refractivity contribution is 5.76. The van der Waals surface area contributed by atoms with Crippen LogP contribution in [0.1, 0.15) is 39.5 Å². The van der Waals surface area contributed by atoms with Gasteiger partial charge < -0.3 is 5.73 Å². The zero-order valence-electron chi connectivity index (χ0n) is 8.14. The van der Waals surface area contributed by atoms with Crippen molar-refractivity contribution in [2.75, 3.05) is 0 Å². The molecule has 1 fully saturated rings. The fourth-order valence-electron chi connectivity index (χ4n) is 1.90. The van der Waals surface area contributed by atoms with Crippen molar-refractivity contribution < 1.29 is 0 Å². The minimum absolute atomic E-state index is 0.352. The molecule has 0 aromatic heterocycles. The molecule has 1 saturated carbocycles. The molecule has 70 valence electrons. The molecule has 2 heteroatoms. The highest BCUT2D eigenvalue weighted by Gasteiger charge is 2.36. The van der Waals surface area contributed by atoms with Crippen LogP contribution in [-0.2, 0) is 0 Å². The Hall–Kier alpha value is -0.530. The van der Waals surface area contributed by atoms with Gasteiger partial charge in [0.1, 0.15) is 0 Å². The number of hydrogen-bond acceptors (Lipinski definition) is 1. The average molecular weight is 168 g/mol. The van der Waals surface area contributed by atoms with Crippen LogP contribution >= 0.6 is 0 Å². The summed E-state index contributed by atoms with van der Waals surface area (Å²) in [4.78, 5) is 0. The third-order valence-corrected chi connectivity index (χ3v) is 2.63. The van der Waals surface area contributed by atoms with E-state index in [0.29, 0.717) is 5.84 Å².